The van der Waals surface area contributed by atoms with Crippen LogP contribution in [0.15, 0.2) is 66.7 Å². The Morgan fingerprint density at radius 2 is 1.71 bits per heavy atom. The van der Waals surface area contributed by atoms with E-state index in [0.29, 0.717) is 36.6 Å². The minimum absolute atomic E-state index is 0.325. The first-order valence-electron chi connectivity index (χ1n) is 14.2. The molecule has 6 atom stereocenters. The lowest BCUT2D eigenvalue weighted by atomic mass is 9.66. The van der Waals surface area contributed by atoms with Gasteiger partial charge in [0.05, 0.1) is 36.7 Å². The molecule has 0 aliphatic carbocycles. The number of rotatable bonds is 8. The summed E-state index contributed by atoms with van der Waals surface area (Å²) in [5.74, 6) is -2.04. The second kappa shape index (κ2) is 10.2. The van der Waals surface area contributed by atoms with Crippen LogP contribution in [0.4, 0.5) is 11.4 Å². The summed E-state index contributed by atoms with van der Waals surface area (Å²) in [6.07, 6.45) is 0.983. The normalized spacial score (nSPS) is 28.9. The molecule has 3 aromatic carbocycles. The smallest absolute Gasteiger partial charge is 0.250 e. The van der Waals surface area contributed by atoms with Gasteiger partial charge in [-0.3, -0.25) is 14.4 Å². The van der Waals surface area contributed by atoms with Crippen molar-refractivity contribution in [2.75, 3.05) is 23.8 Å². The largest absolute Gasteiger partial charge is 0.494 e. The fourth-order valence-corrected chi connectivity index (χ4v) is 7.13. The lowest BCUT2D eigenvalue weighted by Crippen LogP contribution is -2.55. The van der Waals surface area contributed by atoms with Crippen molar-refractivity contribution in [3.63, 3.8) is 0 Å². The summed E-state index contributed by atoms with van der Waals surface area (Å²) >= 11 is 0. The van der Waals surface area contributed by atoms with E-state index in [1.165, 1.54) is 4.90 Å². The number of nitrogens with one attached hydrogen (secondary N) is 2. The van der Waals surface area contributed by atoms with E-state index < -0.39 is 41.0 Å². The average Bonchev–Trinajstić information content (AvgIpc) is 3.54. The zero-order valence-electron chi connectivity index (χ0n) is 23.4. The number of aliphatic hydroxyl groups excluding tert-OH is 1. The molecule has 6 rings (SSSR count). The van der Waals surface area contributed by atoms with Crippen LogP contribution in [0.3, 0.4) is 0 Å². The van der Waals surface area contributed by atoms with Gasteiger partial charge in [-0.2, -0.15) is 0 Å². The Morgan fingerprint density at radius 1 is 1.02 bits per heavy atom. The van der Waals surface area contributed by atoms with Gasteiger partial charge in [-0.25, -0.2) is 0 Å². The minimum Gasteiger partial charge on any atom is -0.494 e. The van der Waals surface area contributed by atoms with Crippen LogP contribution in [-0.4, -0.2) is 64.2 Å². The van der Waals surface area contributed by atoms with Gasteiger partial charge in [0.1, 0.15) is 17.4 Å². The quantitative estimate of drug-likeness (QED) is 0.386. The van der Waals surface area contributed by atoms with Crippen molar-refractivity contribution in [1.82, 2.24) is 4.90 Å². The molecular formula is C32H35N3O6. The Balaban J connectivity index is 1.32. The lowest BCUT2D eigenvalue weighted by molar-refractivity contribution is -0.146. The number of carbonyl (C=O) groups excluding carboxylic acids is 3. The first kappa shape index (κ1) is 27.2. The van der Waals surface area contributed by atoms with Gasteiger partial charge in [0, 0.05) is 11.4 Å². The Hall–Kier alpha value is -3.95. The Kier molecular flexibility index (Phi) is 6.74. The predicted molar refractivity (Wildman–Crippen MR) is 154 cm³/mol. The SMILES string of the molecule is CCOc1ccc(NC(=O)[C@@H]2[C@H]3C(=O)N([C@H](C)CO)C(C(=O)Nc4ccc5ccccc5c4)C34CC[C@@]2(C)O4)cc1. The van der Waals surface area contributed by atoms with Crippen molar-refractivity contribution in [1.29, 1.82) is 0 Å². The zero-order chi connectivity index (χ0) is 28.9. The van der Waals surface area contributed by atoms with E-state index >= 15 is 0 Å². The van der Waals surface area contributed by atoms with Crippen LogP contribution in [0.25, 0.3) is 10.8 Å². The standard InChI is InChI=1S/C32H35N3O6/c1-4-40-24-13-11-22(12-14-24)33-28(37)25-26-30(39)35(19(2)18-36)27(32(26)16-15-31(25,3)41-32)29(38)34-23-10-9-20-7-5-6-8-21(20)17-23/h5-14,17,19,25-27,36H,4,15-16,18H2,1-3H3,(H,33,37)(H,34,38)/t19-,25+,26+,27?,31-,32?/m1/s1. The molecule has 3 amide bonds. The van der Waals surface area contributed by atoms with Crippen molar-refractivity contribution in [3.8, 4) is 5.75 Å². The van der Waals surface area contributed by atoms with E-state index in [0.717, 1.165) is 10.8 Å². The molecule has 9 nitrogen and oxygen atoms in total. The molecule has 1 spiro atoms. The molecule has 3 fully saturated rings. The molecule has 41 heavy (non-hydrogen) atoms. The van der Waals surface area contributed by atoms with Crippen molar-refractivity contribution < 1.29 is 29.0 Å². The maximum atomic E-state index is 14.1. The maximum absolute atomic E-state index is 14.1. The molecule has 3 aromatic rings. The Morgan fingerprint density at radius 3 is 2.41 bits per heavy atom. The zero-order valence-corrected chi connectivity index (χ0v) is 23.4. The second-order valence-electron chi connectivity index (χ2n) is 11.5. The van der Waals surface area contributed by atoms with Gasteiger partial charge >= 0.3 is 0 Å². The van der Waals surface area contributed by atoms with Crippen molar-refractivity contribution in [2.45, 2.75) is 56.9 Å². The topological polar surface area (TPSA) is 117 Å². The molecule has 3 saturated heterocycles. The van der Waals surface area contributed by atoms with Crippen LogP contribution in [-0.2, 0) is 19.1 Å². The first-order valence-corrected chi connectivity index (χ1v) is 14.2. The van der Waals surface area contributed by atoms with Crippen molar-refractivity contribution >= 4 is 39.9 Å². The van der Waals surface area contributed by atoms with Crippen LogP contribution >= 0.6 is 0 Å². The van der Waals surface area contributed by atoms with E-state index in [1.807, 2.05) is 56.3 Å². The molecule has 2 bridgehead atoms. The molecule has 0 radical (unpaired) electrons. The summed E-state index contributed by atoms with van der Waals surface area (Å²) < 4.78 is 12.1. The van der Waals surface area contributed by atoms with Crippen LogP contribution in [0.2, 0.25) is 0 Å². The van der Waals surface area contributed by atoms with Crippen LogP contribution in [0, 0.1) is 11.8 Å². The van der Waals surface area contributed by atoms with Gasteiger partial charge in [-0.15, -0.1) is 0 Å². The van der Waals surface area contributed by atoms with Crippen molar-refractivity contribution in [2.24, 2.45) is 11.8 Å². The number of aliphatic hydroxyl groups is 1. The fraction of sp³-hybridized carbons (Fsp3) is 0.406. The number of benzene rings is 3. The number of fused-ring (bicyclic) bond motifs is 2. The molecule has 3 aliphatic rings. The molecule has 9 heteroatoms. The third-order valence-corrected chi connectivity index (χ3v) is 8.93. The Bertz CT molecular complexity index is 1510. The lowest BCUT2D eigenvalue weighted by Gasteiger charge is -2.35. The summed E-state index contributed by atoms with van der Waals surface area (Å²) in [5.41, 5.74) is -0.917. The fourth-order valence-electron chi connectivity index (χ4n) is 7.13. The van der Waals surface area contributed by atoms with E-state index in [-0.39, 0.29) is 18.4 Å². The monoisotopic (exact) mass is 557 g/mol. The summed E-state index contributed by atoms with van der Waals surface area (Å²) in [5, 5.41) is 18.1. The molecule has 3 heterocycles. The number of anilines is 2. The number of ether oxygens (including phenoxy) is 2. The number of likely N-dealkylation sites (tertiary alicyclic amines) is 1. The highest BCUT2D eigenvalue weighted by atomic mass is 16.5. The van der Waals surface area contributed by atoms with Gasteiger partial charge in [0.2, 0.25) is 17.7 Å². The van der Waals surface area contributed by atoms with Crippen LogP contribution in [0.1, 0.15) is 33.6 Å². The van der Waals surface area contributed by atoms with E-state index in [9.17, 15) is 19.5 Å². The number of hydrogen-bond acceptors (Lipinski definition) is 6. The number of carbonyl (C=O) groups is 3. The third kappa shape index (κ3) is 4.35. The van der Waals surface area contributed by atoms with Gasteiger partial charge in [0.25, 0.3) is 0 Å². The predicted octanol–water partition coefficient (Wildman–Crippen LogP) is 3.96. The maximum Gasteiger partial charge on any atom is 0.250 e. The van der Waals surface area contributed by atoms with E-state index in [4.69, 9.17) is 9.47 Å². The molecule has 0 aromatic heterocycles. The molecule has 2 unspecified atom stereocenters. The number of amides is 3. The second-order valence-corrected chi connectivity index (χ2v) is 11.5. The van der Waals surface area contributed by atoms with E-state index in [2.05, 4.69) is 10.6 Å². The summed E-state index contributed by atoms with van der Waals surface area (Å²) in [7, 11) is 0. The number of nitrogens with zero attached hydrogens (tertiary/aromatic N) is 1. The number of hydrogen-bond donors (Lipinski definition) is 3. The third-order valence-electron chi connectivity index (χ3n) is 8.93. The molecular weight excluding hydrogens is 522 g/mol. The van der Waals surface area contributed by atoms with Crippen LogP contribution < -0.4 is 15.4 Å². The van der Waals surface area contributed by atoms with E-state index in [1.54, 1.807) is 31.2 Å². The molecule has 0 saturated carbocycles. The summed E-state index contributed by atoms with van der Waals surface area (Å²) in [6, 6.07) is 18.9. The highest BCUT2D eigenvalue weighted by Gasteiger charge is 2.78. The van der Waals surface area contributed by atoms with Crippen molar-refractivity contribution in [3.05, 3.63) is 66.7 Å². The van der Waals surface area contributed by atoms with Gasteiger partial charge < -0.3 is 30.1 Å². The highest BCUT2D eigenvalue weighted by molar-refractivity contribution is 6.06. The minimum atomic E-state index is -1.18. The van der Waals surface area contributed by atoms with Crippen LogP contribution in [0.5, 0.6) is 5.75 Å². The summed E-state index contributed by atoms with van der Waals surface area (Å²) in [4.78, 5) is 43.4. The first-order chi connectivity index (χ1) is 19.7. The van der Waals surface area contributed by atoms with Gasteiger partial charge in [-0.1, -0.05) is 30.3 Å². The van der Waals surface area contributed by atoms with Gasteiger partial charge in [-0.05, 0) is 80.8 Å². The average molecular weight is 558 g/mol. The molecule has 3 N–H and O–H groups in total. The highest BCUT2D eigenvalue weighted by Crippen LogP contribution is 2.63. The molecule has 3 aliphatic heterocycles. The van der Waals surface area contributed by atoms with Gasteiger partial charge in [0.15, 0.2) is 0 Å². The molecule has 214 valence electrons. The summed E-state index contributed by atoms with van der Waals surface area (Å²) in [6.45, 7) is 5.67. The Labute approximate surface area is 238 Å².